The van der Waals surface area contributed by atoms with Crippen molar-refractivity contribution in [3.63, 3.8) is 0 Å². The van der Waals surface area contributed by atoms with Gasteiger partial charge in [0.2, 0.25) is 0 Å². The maximum Gasteiger partial charge on any atom is 0.180 e. The van der Waals surface area contributed by atoms with Gasteiger partial charge in [-0.15, -0.1) is 0 Å². The lowest BCUT2D eigenvalue weighted by Crippen LogP contribution is -2.41. The molecule has 2 saturated carbocycles. The van der Waals surface area contributed by atoms with Gasteiger partial charge in [-0.3, -0.25) is 4.40 Å². The maximum absolute atomic E-state index is 7.11. The molecule has 5 rings (SSSR count). The predicted octanol–water partition coefficient (Wildman–Crippen LogP) is 6.08. The number of fused-ring (bicyclic) bond motifs is 1. The van der Waals surface area contributed by atoms with E-state index < -0.39 is 0 Å². The molecule has 0 radical (unpaired) electrons. The third kappa shape index (κ3) is 3.74. The standard InChI is InChI=1S/C26H33N3O/c27-26(16-8-3-9-17-26)24-23(21-13-6-2-7-14-21)28-25-22(15-10-18-29(24)25)30-19-20-11-4-1-5-12-20/h1,4-5,10-12,15,18,21H,2-3,6-9,13-14,16-17,19,27H2. The molecule has 0 bridgehead atoms. The van der Waals surface area contributed by atoms with E-state index in [1.54, 1.807) is 0 Å². The number of benzene rings is 1. The number of hydrogen-bond acceptors (Lipinski definition) is 3. The monoisotopic (exact) mass is 403 g/mol. The number of nitrogens with two attached hydrogens (primary N) is 1. The first-order valence-electron chi connectivity index (χ1n) is 11.7. The van der Waals surface area contributed by atoms with E-state index in [1.165, 1.54) is 68.3 Å². The van der Waals surface area contributed by atoms with E-state index in [1.807, 2.05) is 12.1 Å². The second kappa shape index (κ2) is 8.43. The smallest absolute Gasteiger partial charge is 0.180 e. The number of aromatic nitrogens is 2. The van der Waals surface area contributed by atoms with Crippen LogP contribution in [0.5, 0.6) is 5.75 Å². The first-order chi connectivity index (χ1) is 14.7. The molecule has 0 unspecified atom stereocenters. The van der Waals surface area contributed by atoms with Gasteiger partial charge in [0.15, 0.2) is 11.4 Å². The van der Waals surface area contributed by atoms with Crippen LogP contribution in [0.15, 0.2) is 48.7 Å². The molecule has 2 N–H and O–H groups in total. The molecule has 2 heterocycles. The fourth-order valence-corrected chi connectivity index (χ4v) is 5.48. The van der Waals surface area contributed by atoms with Crippen molar-refractivity contribution in [2.45, 2.75) is 82.3 Å². The van der Waals surface area contributed by atoms with Crippen molar-refractivity contribution in [2.75, 3.05) is 0 Å². The molecule has 30 heavy (non-hydrogen) atoms. The second-order valence-corrected chi connectivity index (χ2v) is 9.24. The number of imidazole rings is 1. The van der Waals surface area contributed by atoms with E-state index in [9.17, 15) is 0 Å². The lowest BCUT2D eigenvalue weighted by atomic mass is 9.76. The molecule has 4 heteroatoms. The van der Waals surface area contributed by atoms with Gasteiger partial charge < -0.3 is 10.5 Å². The first-order valence-corrected chi connectivity index (χ1v) is 11.7. The van der Waals surface area contributed by atoms with Crippen LogP contribution in [0.3, 0.4) is 0 Å². The van der Waals surface area contributed by atoms with Crippen molar-refractivity contribution in [1.82, 2.24) is 9.38 Å². The van der Waals surface area contributed by atoms with Crippen LogP contribution in [0.2, 0.25) is 0 Å². The third-order valence-corrected chi connectivity index (χ3v) is 7.09. The highest BCUT2D eigenvalue weighted by atomic mass is 16.5. The van der Waals surface area contributed by atoms with Crippen molar-refractivity contribution in [2.24, 2.45) is 5.73 Å². The Balaban J connectivity index is 1.57. The minimum atomic E-state index is -0.275. The highest BCUT2D eigenvalue weighted by Gasteiger charge is 2.37. The SMILES string of the molecule is NC1(c2c(C3CCCCC3)nc3c(OCc4ccccc4)cccn23)CCCCC1. The minimum absolute atomic E-state index is 0.275. The molecule has 158 valence electrons. The highest BCUT2D eigenvalue weighted by Crippen LogP contribution is 2.43. The molecule has 0 atom stereocenters. The van der Waals surface area contributed by atoms with Gasteiger partial charge in [0.1, 0.15) is 6.61 Å². The Morgan fingerprint density at radius 3 is 2.43 bits per heavy atom. The summed E-state index contributed by atoms with van der Waals surface area (Å²) in [4.78, 5) is 5.23. The average Bonchev–Trinajstić information content (AvgIpc) is 3.21. The van der Waals surface area contributed by atoms with Gasteiger partial charge in [-0.1, -0.05) is 68.9 Å². The van der Waals surface area contributed by atoms with Gasteiger partial charge in [-0.05, 0) is 43.4 Å². The van der Waals surface area contributed by atoms with E-state index >= 15 is 0 Å². The summed E-state index contributed by atoms with van der Waals surface area (Å²) in [5.41, 5.74) is 11.4. The van der Waals surface area contributed by atoms with Gasteiger partial charge in [0.25, 0.3) is 0 Å². The van der Waals surface area contributed by atoms with Gasteiger partial charge >= 0.3 is 0 Å². The van der Waals surface area contributed by atoms with Gasteiger partial charge in [-0.2, -0.15) is 0 Å². The predicted molar refractivity (Wildman–Crippen MR) is 121 cm³/mol. The summed E-state index contributed by atoms with van der Waals surface area (Å²) in [7, 11) is 0. The number of ether oxygens (including phenoxy) is 1. The van der Waals surface area contributed by atoms with Gasteiger partial charge in [-0.25, -0.2) is 4.98 Å². The van der Waals surface area contributed by atoms with Crippen LogP contribution in [0.25, 0.3) is 5.65 Å². The Labute approximate surface area is 179 Å². The number of hydrogen-bond donors (Lipinski definition) is 1. The van der Waals surface area contributed by atoms with Crippen molar-refractivity contribution in [3.8, 4) is 5.75 Å². The largest absolute Gasteiger partial charge is 0.485 e. The molecular weight excluding hydrogens is 370 g/mol. The quantitative estimate of drug-likeness (QED) is 0.562. The van der Waals surface area contributed by atoms with Crippen molar-refractivity contribution in [1.29, 1.82) is 0 Å². The lowest BCUT2D eigenvalue weighted by Gasteiger charge is -2.35. The molecule has 0 amide bonds. The highest BCUT2D eigenvalue weighted by molar-refractivity contribution is 5.57. The molecule has 0 saturated heterocycles. The third-order valence-electron chi connectivity index (χ3n) is 7.09. The molecule has 2 fully saturated rings. The number of pyridine rings is 1. The van der Waals surface area contributed by atoms with Crippen molar-refractivity contribution in [3.05, 3.63) is 65.6 Å². The van der Waals surface area contributed by atoms with E-state index in [-0.39, 0.29) is 5.54 Å². The molecule has 3 aromatic rings. The minimum Gasteiger partial charge on any atom is -0.485 e. The molecular formula is C26H33N3O. The fraction of sp³-hybridized carbons (Fsp3) is 0.500. The Morgan fingerprint density at radius 1 is 0.933 bits per heavy atom. The van der Waals surface area contributed by atoms with Crippen LogP contribution >= 0.6 is 0 Å². The first kappa shape index (κ1) is 19.6. The summed E-state index contributed by atoms with van der Waals surface area (Å²) in [6.45, 7) is 0.551. The molecule has 2 aliphatic carbocycles. The van der Waals surface area contributed by atoms with Crippen molar-refractivity contribution >= 4 is 5.65 Å². The zero-order valence-corrected chi connectivity index (χ0v) is 17.9. The molecule has 2 aliphatic rings. The zero-order valence-electron chi connectivity index (χ0n) is 17.9. The normalized spacial score (nSPS) is 19.8. The number of nitrogens with zero attached hydrogens (tertiary/aromatic N) is 2. The summed E-state index contributed by atoms with van der Waals surface area (Å²) >= 11 is 0. The maximum atomic E-state index is 7.11. The zero-order chi connectivity index (χ0) is 20.4. The topological polar surface area (TPSA) is 52.5 Å². The summed E-state index contributed by atoms with van der Waals surface area (Å²) in [6.07, 6.45) is 14.3. The summed E-state index contributed by atoms with van der Waals surface area (Å²) in [5, 5.41) is 0. The Bertz CT molecular complexity index is 982. The lowest BCUT2D eigenvalue weighted by molar-refractivity contribution is 0.287. The molecule has 0 aliphatic heterocycles. The summed E-state index contributed by atoms with van der Waals surface area (Å²) < 4.78 is 8.52. The Hall–Kier alpha value is -2.33. The van der Waals surface area contributed by atoms with Crippen LogP contribution in [-0.4, -0.2) is 9.38 Å². The fourth-order valence-electron chi connectivity index (χ4n) is 5.48. The molecule has 4 nitrogen and oxygen atoms in total. The Morgan fingerprint density at radius 2 is 1.67 bits per heavy atom. The summed E-state index contributed by atoms with van der Waals surface area (Å²) in [6, 6.07) is 14.5. The molecule has 1 aromatic carbocycles. The van der Waals surface area contributed by atoms with Crippen molar-refractivity contribution < 1.29 is 4.74 Å². The van der Waals surface area contributed by atoms with Crippen LogP contribution in [0.1, 0.15) is 87.1 Å². The van der Waals surface area contributed by atoms with Gasteiger partial charge in [0.05, 0.1) is 16.9 Å². The van der Waals surface area contributed by atoms with E-state index in [4.69, 9.17) is 15.5 Å². The van der Waals surface area contributed by atoms with Crippen LogP contribution in [0.4, 0.5) is 0 Å². The number of rotatable bonds is 5. The average molecular weight is 404 g/mol. The van der Waals surface area contributed by atoms with Crippen LogP contribution < -0.4 is 10.5 Å². The van der Waals surface area contributed by atoms with E-state index in [0.717, 1.165) is 24.2 Å². The summed E-state index contributed by atoms with van der Waals surface area (Å²) in [5.74, 6) is 1.38. The van der Waals surface area contributed by atoms with E-state index in [0.29, 0.717) is 12.5 Å². The molecule has 0 spiro atoms. The van der Waals surface area contributed by atoms with E-state index in [2.05, 4.69) is 40.9 Å². The van der Waals surface area contributed by atoms with Gasteiger partial charge in [0, 0.05) is 12.1 Å². The Kier molecular flexibility index (Phi) is 5.51. The second-order valence-electron chi connectivity index (χ2n) is 9.24. The molecule has 2 aromatic heterocycles. The van der Waals surface area contributed by atoms with Crippen LogP contribution in [-0.2, 0) is 12.1 Å². The van der Waals surface area contributed by atoms with Crippen LogP contribution in [0, 0.1) is 0 Å².